The van der Waals surface area contributed by atoms with E-state index in [4.69, 9.17) is 0 Å². The maximum atomic E-state index is 13.4. The molecule has 170 valence electrons. The van der Waals surface area contributed by atoms with Crippen LogP contribution in [0.25, 0.3) is 16.6 Å². The van der Waals surface area contributed by atoms with Gasteiger partial charge >= 0.3 is 0 Å². The molecule has 2 heterocycles. The molecule has 1 amide bonds. The first kappa shape index (κ1) is 22.8. The standard InChI is InChI=1S/C25H27N5O2S/c1-5-21(24(31)26-15-18-11-13-20(33-4)14-12-18)30-25(32)23-22(16(2)27-30)17(3)29(28-23)19-9-7-6-8-10-19/h6-14,21H,5,15H2,1-4H3,(H,26,31)/t21-/m0/s1. The number of rotatable bonds is 7. The fourth-order valence-corrected chi connectivity index (χ4v) is 4.41. The van der Waals surface area contributed by atoms with Gasteiger partial charge in [0.05, 0.1) is 22.5 Å². The van der Waals surface area contributed by atoms with Crippen molar-refractivity contribution >= 4 is 28.6 Å². The number of carbonyl (C=O) groups excluding carboxylic acids is 1. The Labute approximate surface area is 196 Å². The van der Waals surface area contributed by atoms with Gasteiger partial charge in [-0.3, -0.25) is 9.59 Å². The summed E-state index contributed by atoms with van der Waals surface area (Å²) in [6.45, 7) is 6.04. The first-order valence-corrected chi connectivity index (χ1v) is 12.1. The number of amides is 1. The van der Waals surface area contributed by atoms with Crippen LogP contribution in [-0.2, 0) is 11.3 Å². The van der Waals surface area contributed by atoms with Crippen molar-refractivity contribution in [2.75, 3.05) is 6.26 Å². The first-order valence-electron chi connectivity index (χ1n) is 10.9. The SMILES string of the molecule is CC[C@@H](C(=O)NCc1ccc(SC)cc1)n1nc(C)c2c(C)n(-c3ccccc3)nc2c1=O. The van der Waals surface area contributed by atoms with E-state index in [1.54, 1.807) is 16.4 Å². The highest BCUT2D eigenvalue weighted by Gasteiger charge is 2.25. The topological polar surface area (TPSA) is 81.8 Å². The number of fused-ring (bicyclic) bond motifs is 1. The number of thioether (sulfide) groups is 1. The Bertz CT molecular complexity index is 1340. The Kier molecular flexibility index (Phi) is 6.65. The second-order valence-corrected chi connectivity index (χ2v) is 8.76. The van der Waals surface area contributed by atoms with Gasteiger partial charge in [-0.15, -0.1) is 11.8 Å². The summed E-state index contributed by atoms with van der Waals surface area (Å²) in [6, 6.07) is 17.0. The molecule has 0 spiro atoms. The number of hydrogen-bond donors (Lipinski definition) is 1. The summed E-state index contributed by atoms with van der Waals surface area (Å²) >= 11 is 1.67. The van der Waals surface area contributed by atoms with Crippen LogP contribution in [-0.4, -0.2) is 31.7 Å². The molecule has 1 N–H and O–H groups in total. The molecule has 0 radical (unpaired) electrons. The smallest absolute Gasteiger partial charge is 0.295 e. The molecule has 0 aliphatic heterocycles. The molecular weight excluding hydrogens is 434 g/mol. The fourth-order valence-electron chi connectivity index (χ4n) is 4.00. The van der Waals surface area contributed by atoms with Crippen molar-refractivity contribution in [3.8, 4) is 5.69 Å². The Balaban J connectivity index is 1.66. The van der Waals surface area contributed by atoms with Gasteiger partial charge in [-0.1, -0.05) is 37.3 Å². The minimum Gasteiger partial charge on any atom is -0.350 e. The van der Waals surface area contributed by atoms with Crippen molar-refractivity contribution in [2.24, 2.45) is 0 Å². The van der Waals surface area contributed by atoms with Gasteiger partial charge in [0.2, 0.25) is 5.91 Å². The average Bonchev–Trinajstić information content (AvgIpc) is 3.20. The molecule has 2 aromatic carbocycles. The van der Waals surface area contributed by atoms with Gasteiger partial charge in [0.25, 0.3) is 5.56 Å². The Hall–Kier alpha value is -3.39. The van der Waals surface area contributed by atoms with Crippen LogP contribution in [0.4, 0.5) is 0 Å². The molecule has 0 aliphatic rings. The summed E-state index contributed by atoms with van der Waals surface area (Å²) < 4.78 is 3.04. The van der Waals surface area contributed by atoms with Crippen LogP contribution in [0.1, 0.15) is 36.3 Å². The second kappa shape index (κ2) is 9.62. The van der Waals surface area contributed by atoms with E-state index < -0.39 is 6.04 Å². The molecule has 2 aromatic heterocycles. The van der Waals surface area contributed by atoms with Crippen molar-refractivity contribution in [1.82, 2.24) is 24.9 Å². The molecule has 0 saturated heterocycles. The minimum atomic E-state index is -0.715. The van der Waals surface area contributed by atoms with E-state index in [9.17, 15) is 9.59 Å². The van der Waals surface area contributed by atoms with Gasteiger partial charge in [0.15, 0.2) is 5.52 Å². The monoisotopic (exact) mass is 461 g/mol. The molecule has 7 nitrogen and oxygen atoms in total. The lowest BCUT2D eigenvalue weighted by atomic mass is 10.1. The predicted octanol–water partition coefficient (Wildman–Crippen LogP) is 4.19. The lowest BCUT2D eigenvalue weighted by Crippen LogP contribution is -2.38. The van der Waals surface area contributed by atoms with Gasteiger partial charge < -0.3 is 5.32 Å². The highest BCUT2D eigenvalue weighted by atomic mass is 32.2. The van der Waals surface area contributed by atoms with E-state index in [1.165, 1.54) is 9.58 Å². The van der Waals surface area contributed by atoms with Gasteiger partial charge in [-0.25, -0.2) is 9.36 Å². The van der Waals surface area contributed by atoms with Crippen molar-refractivity contribution in [3.63, 3.8) is 0 Å². The average molecular weight is 462 g/mol. The maximum absolute atomic E-state index is 13.4. The van der Waals surface area contributed by atoms with Gasteiger partial charge in [0.1, 0.15) is 6.04 Å². The number of hydrogen-bond acceptors (Lipinski definition) is 5. The Morgan fingerprint density at radius 3 is 2.39 bits per heavy atom. The van der Waals surface area contributed by atoms with E-state index in [1.807, 2.05) is 81.6 Å². The zero-order valence-corrected chi connectivity index (χ0v) is 20.0. The zero-order chi connectivity index (χ0) is 23.5. The van der Waals surface area contributed by atoms with Crippen molar-refractivity contribution in [2.45, 2.75) is 44.7 Å². The highest BCUT2D eigenvalue weighted by molar-refractivity contribution is 7.98. The summed E-state index contributed by atoms with van der Waals surface area (Å²) in [5, 5.41) is 12.8. The summed E-state index contributed by atoms with van der Waals surface area (Å²) in [5.41, 5.74) is 3.34. The highest BCUT2D eigenvalue weighted by Crippen LogP contribution is 2.22. The van der Waals surface area contributed by atoms with Crippen LogP contribution in [0.15, 0.2) is 64.3 Å². The molecule has 0 bridgehead atoms. The molecule has 1 atom stereocenters. The van der Waals surface area contributed by atoms with Crippen LogP contribution in [0.5, 0.6) is 0 Å². The molecule has 0 fully saturated rings. The predicted molar refractivity (Wildman–Crippen MR) is 132 cm³/mol. The molecule has 33 heavy (non-hydrogen) atoms. The summed E-state index contributed by atoms with van der Waals surface area (Å²) in [6.07, 6.45) is 2.46. The van der Waals surface area contributed by atoms with E-state index in [0.29, 0.717) is 24.2 Å². The minimum absolute atomic E-state index is 0.237. The number of carbonyl (C=O) groups is 1. The third kappa shape index (κ3) is 4.43. The van der Waals surface area contributed by atoms with Crippen LogP contribution in [0.2, 0.25) is 0 Å². The molecule has 4 aromatic rings. The Morgan fingerprint density at radius 1 is 1.06 bits per heavy atom. The van der Waals surface area contributed by atoms with E-state index in [-0.39, 0.29) is 11.5 Å². The van der Waals surface area contributed by atoms with E-state index in [0.717, 1.165) is 22.3 Å². The third-order valence-corrected chi connectivity index (χ3v) is 6.50. The van der Waals surface area contributed by atoms with Crippen LogP contribution in [0, 0.1) is 13.8 Å². The largest absolute Gasteiger partial charge is 0.350 e. The number of benzene rings is 2. The lowest BCUT2D eigenvalue weighted by Gasteiger charge is -2.17. The van der Waals surface area contributed by atoms with Crippen molar-refractivity contribution in [3.05, 3.63) is 81.9 Å². The van der Waals surface area contributed by atoms with Gasteiger partial charge in [-0.2, -0.15) is 10.2 Å². The third-order valence-electron chi connectivity index (χ3n) is 5.76. The molecule has 4 rings (SSSR count). The van der Waals surface area contributed by atoms with Gasteiger partial charge in [0, 0.05) is 11.4 Å². The lowest BCUT2D eigenvalue weighted by molar-refractivity contribution is -0.125. The molecule has 0 saturated carbocycles. The number of nitrogens with one attached hydrogen (secondary N) is 1. The molecular formula is C25H27N5O2S. The van der Waals surface area contributed by atoms with E-state index in [2.05, 4.69) is 15.5 Å². The zero-order valence-electron chi connectivity index (χ0n) is 19.2. The number of aryl methyl sites for hydroxylation is 2. The van der Waals surface area contributed by atoms with E-state index >= 15 is 0 Å². The maximum Gasteiger partial charge on any atom is 0.295 e. The number of aromatic nitrogens is 4. The van der Waals surface area contributed by atoms with Crippen molar-refractivity contribution < 1.29 is 4.79 Å². The summed E-state index contributed by atoms with van der Waals surface area (Å²) in [4.78, 5) is 27.6. The molecule has 0 unspecified atom stereocenters. The van der Waals surface area contributed by atoms with Crippen LogP contribution >= 0.6 is 11.8 Å². The summed E-state index contributed by atoms with van der Waals surface area (Å²) in [5.74, 6) is -0.237. The molecule has 0 aliphatic carbocycles. The van der Waals surface area contributed by atoms with Crippen LogP contribution in [0.3, 0.4) is 0 Å². The second-order valence-electron chi connectivity index (χ2n) is 7.88. The fraction of sp³-hybridized carbons (Fsp3) is 0.280. The quantitative estimate of drug-likeness (QED) is 0.418. The van der Waals surface area contributed by atoms with Crippen molar-refractivity contribution in [1.29, 1.82) is 0 Å². The van der Waals surface area contributed by atoms with Crippen LogP contribution < -0.4 is 10.9 Å². The Morgan fingerprint density at radius 2 is 1.76 bits per heavy atom. The summed E-state index contributed by atoms with van der Waals surface area (Å²) in [7, 11) is 0. The first-order chi connectivity index (χ1) is 15.9. The van der Waals surface area contributed by atoms with Gasteiger partial charge in [-0.05, 0) is 56.4 Å². The number of para-hydroxylation sites is 1. The normalized spacial score (nSPS) is 12.1. The molecule has 8 heteroatoms. The number of nitrogens with zero attached hydrogens (tertiary/aromatic N) is 4.